The topological polar surface area (TPSA) is 55.4 Å². The molecular weight excluding hydrogens is 370 g/mol. The molecule has 0 atom stereocenters. The summed E-state index contributed by atoms with van der Waals surface area (Å²) in [5.74, 6) is 0.225. The van der Waals surface area contributed by atoms with Gasteiger partial charge in [0.1, 0.15) is 10.6 Å². The summed E-state index contributed by atoms with van der Waals surface area (Å²) in [6, 6.07) is 8.06. The molecule has 2 aromatic rings. The lowest BCUT2D eigenvalue weighted by Gasteiger charge is -2.20. The second-order valence-electron chi connectivity index (χ2n) is 7.69. The van der Waals surface area contributed by atoms with Gasteiger partial charge in [0.05, 0.1) is 7.11 Å². The fraction of sp³-hybridized carbons (Fsp3) is 0.478. The summed E-state index contributed by atoms with van der Waals surface area (Å²) >= 11 is 1.44. The van der Waals surface area contributed by atoms with Crippen LogP contribution in [0, 0.1) is 19.8 Å². The van der Waals surface area contributed by atoms with Crippen molar-refractivity contribution >= 4 is 28.2 Å². The molecule has 1 saturated carbocycles. The monoisotopic (exact) mass is 399 g/mol. The van der Waals surface area contributed by atoms with Crippen LogP contribution in [0.5, 0.6) is 0 Å². The Morgan fingerprint density at radius 3 is 2.43 bits per heavy atom. The molecule has 1 aliphatic carbocycles. The zero-order valence-electron chi connectivity index (χ0n) is 17.0. The van der Waals surface area contributed by atoms with E-state index in [9.17, 15) is 9.59 Å². The molecule has 5 heteroatoms. The maximum absolute atomic E-state index is 12.6. The Labute approximate surface area is 171 Å². The largest absolute Gasteiger partial charge is 0.465 e. The number of ether oxygens (including phenoxy) is 1. The second-order valence-corrected chi connectivity index (χ2v) is 8.91. The van der Waals surface area contributed by atoms with Gasteiger partial charge in [0.25, 0.3) is 0 Å². The number of carbonyl (C=O) groups excluding carboxylic acids is 2. The fourth-order valence-corrected chi connectivity index (χ4v) is 5.08. The zero-order valence-corrected chi connectivity index (χ0v) is 17.8. The van der Waals surface area contributed by atoms with Gasteiger partial charge in [-0.3, -0.25) is 4.79 Å². The molecule has 1 amide bonds. The third-order valence-electron chi connectivity index (χ3n) is 5.57. The Bertz CT molecular complexity index is 832. The van der Waals surface area contributed by atoms with Gasteiger partial charge in [0.15, 0.2) is 0 Å². The highest BCUT2D eigenvalue weighted by Gasteiger charge is 2.25. The Kier molecular flexibility index (Phi) is 6.89. The van der Waals surface area contributed by atoms with Crippen LogP contribution in [0.3, 0.4) is 0 Å². The number of anilines is 1. The van der Waals surface area contributed by atoms with Gasteiger partial charge in [0, 0.05) is 16.9 Å². The van der Waals surface area contributed by atoms with Crippen LogP contribution < -0.4 is 5.32 Å². The van der Waals surface area contributed by atoms with E-state index in [1.165, 1.54) is 50.6 Å². The molecule has 0 bridgehead atoms. The van der Waals surface area contributed by atoms with Crippen LogP contribution in [0.25, 0.3) is 11.1 Å². The quantitative estimate of drug-likeness (QED) is 0.596. The number of thiophene rings is 1. The number of amides is 1. The molecule has 0 aliphatic heterocycles. The predicted octanol–water partition coefficient (Wildman–Crippen LogP) is 6.12. The third kappa shape index (κ3) is 4.82. The summed E-state index contributed by atoms with van der Waals surface area (Å²) in [6.45, 7) is 4.01. The highest BCUT2D eigenvalue weighted by Crippen LogP contribution is 2.40. The minimum absolute atomic E-state index is 0.0209. The molecule has 1 heterocycles. The van der Waals surface area contributed by atoms with Crippen LogP contribution in [-0.2, 0) is 9.53 Å². The maximum Gasteiger partial charge on any atom is 0.341 e. The molecular formula is C23H29NO3S. The van der Waals surface area contributed by atoms with Crippen LogP contribution in [0.15, 0.2) is 24.3 Å². The fourth-order valence-electron chi connectivity index (χ4n) is 4.00. The summed E-state index contributed by atoms with van der Waals surface area (Å²) in [5.41, 5.74) is 3.43. The van der Waals surface area contributed by atoms with Crippen molar-refractivity contribution in [3.05, 3.63) is 40.3 Å². The molecule has 0 spiro atoms. The highest BCUT2D eigenvalue weighted by atomic mass is 32.1. The molecule has 1 N–H and O–H groups in total. The SMILES string of the molecule is COC(=O)c1c(NC(=O)CCC2CCCCC2)sc(C)c1-c1ccc(C)cc1. The lowest BCUT2D eigenvalue weighted by atomic mass is 9.86. The van der Waals surface area contributed by atoms with Gasteiger partial charge in [-0.1, -0.05) is 61.9 Å². The van der Waals surface area contributed by atoms with Gasteiger partial charge in [-0.05, 0) is 31.7 Å². The Morgan fingerprint density at radius 2 is 1.79 bits per heavy atom. The van der Waals surface area contributed by atoms with E-state index in [0.29, 0.717) is 22.9 Å². The average Bonchev–Trinajstić information content (AvgIpc) is 3.02. The number of rotatable bonds is 6. The first-order valence-corrected chi connectivity index (χ1v) is 10.9. The number of benzene rings is 1. The van der Waals surface area contributed by atoms with Gasteiger partial charge in [-0.15, -0.1) is 11.3 Å². The van der Waals surface area contributed by atoms with Crippen LogP contribution >= 0.6 is 11.3 Å². The number of hydrogen-bond donors (Lipinski definition) is 1. The summed E-state index contributed by atoms with van der Waals surface area (Å²) in [6.07, 6.45) is 7.77. The second kappa shape index (κ2) is 9.37. The molecule has 0 radical (unpaired) electrons. The van der Waals surface area contributed by atoms with Crippen LogP contribution in [-0.4, -0.2) is 19.0 Å². The lowest BCUT2D eigenvalue weighted by Crippen LogP contribution is -2.16. The molecule has 1 aromatic carbocycles. The summed E-state index contributed by atoms with van der Waals surface area (Å²) in [4.78, 5) is 26.1. The van der Waals surface area contributed by atoms with E-state index >= 15 is 0 Å². The Morgan fingerprint density at radius 1 is 1.11 bits per heavy atom. The molecule has 1 aromatic heterocycles. The van der Waals surface area contributed by atoms with E-state index in [2.05, 4.69) is 5.32 Å². The van der Waals surface area contributed by atoms with Crippen molar-refractivity contribution in [2.45, 2.75) is 58.8 Å². The van der Waals surface area contributed by atoms with E-state index in [-0.39, 0.29) is 5.91 Å². The molecule has 1 fully saturated rings. The first kappa shape index (κ1) is 20.6. The van der Waals surface area contributed by atoms with Crippen LogP contribution in [0.1, 0.15) is 65.7 Å². The summed E-state index contributed by atoms with van der Waals surface area (Å²) < 4.78 is 5.03. The smallest absolute Gasteiger partial charge is 0.341 e. The number of nitrogens with one attached hydrogen (secondary N) is 1. The molecule has 1 aliphatic rings. The van der Waals surface area contributed by atoms with Crippen molar-refractivity contribution < 1.29 is 14.3 Å². The first-order valence-electron chi connectivity index (χ1n) is 10.1. The van der Waals surface area contributed by atoms with Crippen LogP contribution in [0.4, 0.5) is 5.00 Å². The van der Waals surface area contributed by atoms with E-state index < -0.39 is 5.97 Å². The summed E-state index contributed by atoms with van der Waals surface area (Å²) in [7, 11) is 1.38. The molecule has 4 nitrogen and oxygen atoms in total. The number of esters is 1. The standard InChI is InChI=1S/C23H29NO3S/c1-15-9-12-18(13-10-15)20-16(2)28-22(21(20)23(26)27-3)24-19(25)14-11-17-7-5-4-6-8-17/h9-10,12-13,17H,4-8,11,14H2,1-3H3,(H,24,25). The van der Waals surface area contributed by atoms with Crippen molar-refractivity contribution in [3.8, 4) is 11.1 Å². The molecule has 3 rings (SSSR count). The van der Waals surface area contributed by atoms with Crippen molar-refractivity contribution in [1.29, 1.82) is 0 Å². The number of aryl methyl sites for hydroxylation is 2. The number of hydrogen-bond acceptors (Lipinski definition) is 4. The van der Waals surface area contributed by atoms with Gasteiger partial charge in [-0.2, -0.15) is 0 Å². The lowest BCUT2D eigenvalue weighted by molar-refractivity contribution is -0.116. The first-order chi connectivity index (χ1) is 13.5. The van der Waals surface area contributed by atoms with Gasteiger partial charge in [0.2, 0.25) is 5.91 Å². The number of carbonyl (C=O) groups is 2. The van der Waals surface area contributed by atoms with E-state index in [1.807, 2.05) is 38.1 Å². The minimum Gasteiger partial charge on any atom is -0.465 e. The third-order valence-corrected chi connectivity index (χ3v) is 6.59. The van der Waals surface area contributed by atoms with Gasteiger partial charge in [-0.25, -0.2) is 4.79 Å². The minimum atomic E-state index is -0.414. The van der Waals surface area contributed by atoms with Crippen molar-refractivity contribution in [2.75, 3.05) is 12.4 Å². The normalized spacial score (nSPS) is 14.7. The van der Waals surface area contributed by atoms with Crippen molar-refractivity contribution in [1.82, 2.24) is 0 Å². The van der Waals surface area contributed by atoms with Gasteiger partial charge >= 0.3 is 5.97 Å². The van der Waals surface area contributed by atoms with Crippen molar-refractivity contribution in [2.24, 2.45) is 5.92 Å². The average molecular weight is 400 g/mol. The molecule has 0 unspecified atom stereocenters. The predicted molar refractivity (Wildman–Crippen MR) is 115 cm³/mol. The van der Waals surface area contributed by atoms with E-state index in [1.54, 1.807) is 0 Å². The van der Waals surface area contributed by atoms with E-state index in [4.69, 9.17) is 4.74 Å². The summed E-state index contributed by atoms with van der Waals surface area (Å²) in [5, 5.41) is 3.58. The highest BCUT2D eigenvalue weighted by molar-refractivity contribution is 7.17. The van der Waals surface area contributed by atoms with Crippen LogP contribution in [0.2, 0.25) is 0 Å². The molecule has 0 saturated heterocycles. The molecule has 150 valence electrons. The Balaban J connectivity index is 1.80. The zero-order chi connectivity index (χ0) is 20.1. The van der Waals surface area contributed by atoms with Gasteiger partial charge < -0.3 is 10.1 Å². The number of methoxy groups -OCH3 is 1. The molecule has 28 heavy (non-hydrogen) atoms. The van der Waals surface area contributed by atoms with E-state index in [0.717, 1.165) is 28.0 Å². The Hall–Kier alpha value is -2.14. The maximum atomic E-state index is 12.6. The van der Waals surface area contributed by atoms with Crippen molar-refractivity contribution in [3.63, 3.8) is 0 Å².